The van der Waals surface area contributed by atoms with Gasteiger partial charge in [0.1, 0.15) is 5.75 Å². The van der Waals surface area contributed by atoms with Crippen LogP contribution in [-0.2, 0) is 0 Å². The summed E-state index contributed by atoms with van der Waals surface area (Å²) in [5, 5.41) is 2.09. The zero-order chi connectivity index (χ0) is 13.7. The van der Waals surface area contributed by atoms with E-state index < -0.39 is 0 Å². The van der Waals surface area contributed by atoms with Crippen molar-refractivity contribution < 1.29 is 4.74 Å². The summed E-state index contributed by atoms with van der Waals surface area (Å²) in [6.07, 6.45) is 8.24. The summed E-state index contributed by atoms with van der Waals surface area (Å²) in [5.74, 6) is 10.2. The normalized spacial score (nSPS) is 38.0. The van der Waals surface area contributed by atoms with Crippen molar-refractivity contribution in [2.24, 2.45) is 23.6 Å². The maximum Gasteiger partial charge on any atom is 0.119 e. The summed E-state index contributed by atoms with van der Waals surface area (Å²) in [5.41, 5.74) is 1.36. The number of benzene rings is 1. The SMILES string of the molecule is COc1ccc(N(N)C23CC4CC(CC(C4)C2)C3)cc1. The predicted molar refractivity (Wildman–Crippen MR) is 80.6 cm³/mol. The first-order chi connectivity index (χ1) is 9.68. The Bertz CT molecular complexity index is 461. The van der Waals surface area contributed by atoms with Crippen LogP contribution in [0.5, 0.6) is 5.75 Å². The standard InChI is InChI=1S/C17H24N2O/c1-20-16-4-2-15(3-5-16)19(18)17-9-12-6-13(10-17)8-14(7-12)11-17/h2-5,12-14H,6-11,18H2,1H3. The highest BCUT2D eigenvalue weighted by atomic mass is 16.5. The van der Waals surface area contributed by atoms with Crippen molar-refractivity contribution in [3.63, 3.8) is 0 Å². The van der Waals surface area contributed by atoms with E-state index in [1.54, 1.807) is 7.11 Å². The first-order valence-electron chi connectivity index (χ1n) is 7.87. The molecule has 3 nitrogen and oxygen atoms in total. The number of anilines is 1. The average Bonchev–Trinajstić information content (AvgIpc) is 2.45. The van der Waals surface area contributed by atoms with Crippen molar-refractivity contribution in [1.29, 1.82) is 0 Å². The van der Waals surface area contributed by atoms with Gasteiger partial charge in [-0.25, -0.2) is 5.84 Å². The largest absolute Gasteiger partial charge is 0.497 e. The fourth-order valence-electron chi connectivity index (χ4n) is 5.38. The fraction of sp³-hybridized carbons (Fsp3) is 0.647. The molecule has 108 valence electrons. The molecule has 4 fully saturated rings. The van der Waals surface area contributed by atoms with Crippen LogP contribution in [0.3, 0.4) is 0 Å². The van der Waals surface area contributed by atoms with Gasteiger partial charge in [0.05, 0.1) is 18.3 Å². The van der Waals surface area contributed by atoms with Crippen LogP contribution in [0.2, 0.25) is 0 Å². The average molecular weight is 272 g/mol. The number of ether oxygens (including phenoxy) is 1. The molecule has 0 heterocycles. The third kappa shape index (κ3) is 1.83. The van der Waals surface area contributed by atoms with Crippen LogP contribution in [0.15, 0.2) is 24.3 Å². The van der Waals surface area contributed by atoms with E-state index in [4.69, 9.17) is 10.6 Å². The molecule has 4 saturated carbocycles. The topological polar surface area (TPSA) is 38.5 Å². The molecule has 0 aromatic heterocycles. The van der Waals surface area contributed by atoms with Gasteiger partial charge in [0.25, 0.3) is 0 Å². The first kappa shape index (κ1) is 12.5. The van der Waals surface area contributed by atoms with E-state index in [1.165, 1.54) is 38.5 Å². The van der Waals surface area contributed by atoms with E-state index in [9.17, 15) is 0 Å². The lowest BCUT2D eigenvalue weighted by Crippen LogP contribution is -2.62. The monoisotopic (exact) mass is 272 g/mol. The van der Waals surface area contributed by atoms with Gasteiger partial charge in [0.15, 0.2) is 0 Å². The Morgan fingerprint density at radius 3 is 1.95 bits per heavy atom. The molecule has 0 unspecified atom stereocenters. The molecule has 0 aliphatic heterocycles. The number of rotatable bonds is 3. The Balaban J connectivity index is 1.62. The molecule has 20 heavy (non-hydrogen) atoms. The molecule has 1 aromatic rings. The van der Waals surface area contributed by atoms with Gasteiger partial charge < -0.3 is 9.75 Å². The van der Waals surface area contributed by atoms with Crippen LogP contribution in [0.1, 0.15) is 38.5 Å². The highest BCUT2D eigenvalue weighted by molar-refractivity contribution is 5.50. The Morgan fingerprint density at radius 2 is 1.50 bits per heavy atom. The lowest BCUT2D eigenvalue weighted by Gasteiger charge is -2.59. The number of methoxy groups -OCH3 is 1. The second-order valence-corrected chi connectivity index (χ2v) is 7.21. The lowest BCUT2D eigenvalue weighted by molar-refractivity contribution is -0.00446. The summed E-state index contributed by atoms with van der Waals surface area (Å²) in [4.78, 5) is 0. The number of hydrazine groups is 1. The van der Waals surface area contributed by atoms with Crippen molar-refractivity contribution in [1.82, 2.24) is 0 Å². The zero-order valence-corrected chi connectivity index (χ0v) is 12.2. The molecule has 4 aliphatic carbocycles. The van der Waals surface area contributed by atoms with Crippen LogP contribution in [0.25, 0.3) is 0 Å². The number of nitrogens with zero attached hydrogens (tertiary/aromatic N) is 1. The molecule has 0 atom stereocenters. The first-order valence-corrected chi connectivity index (χ1v) is 7.87. The maximum atomic E-state index is 6.58. The van der Waals surface area contributed by atoms with Crippen LogP contribution in [0.4, 0.5) is 5.69 Å². The van der Waals surface area contributed by atoms with Crippen molar-refractivity contribution >= 4 is 5.69 Å². The van der Waals surface area contributed by atoms with E-state index in [-0.39, 0.29) is 5.54 Å². The molecule has 0 spiro atoms. The van der Waals surface area contributed by atoms with Crippen molar-refractivity contribution in [2.45, 2.75) is 44.1 Å². The maximum absolute atomic E-state index is 6.58. The molecular formula is C17H24N2O. The smallest absolute Gasteiger partial charge is 0.119 e. The minimum Gasteiger partial charge on any atom is -0.497 e. The van der Waals surface area contributed by atoms with Crippen molar-refractivity contribution in [3.8, 4) is 5.75 Å². The van der Waals surface area contributed by atoms with Crippen molar-refractivity contribution in [3.05, 3.63) is 24.3 Å². The molecule has 5 rings (SSSR count). The van der Waals surface area contributed by atoms with Gasteiger partial charge in [0, 0.05) is 0 Å². The van der Waals surface area contributed by atoms with E-state index in [1.807, 2.05) is 12.1 Å². The molecule has 0 amide bonds. The minimum atomic E-state index is 0.226. The van der Waals surface area contributed by atoms with Crippen LogP contribution >= 0.6 is 0 Å². The number of nitrogens with two attached hydrogens (primary N) is 1. The van der Waals surface area contributed by atoms with Crippen LogP contribution < -0.4 is 15.6 Å². The molecule has 1 aromatic carbocycles. The summed E-state index contributed by atoms with van der Waals surface area (Å²) >= 11 is 0. The Hall–Kier alpha value is -1.22. The number of hydrogen-bond acceptors (Lipinski definition) is 3. The predicted octanol–water partition coefficient (Wildman–Crippen LogP) is 3.34. The van der Waals surface area contributed by atoms with E-state index in [0.29, 0.717) is 0 Å². The molecule has 0 radical (unpaired) electrons. The summed E-state index contributed by atoms with van der Waals surface area (Å²) in [6, 6.07) is 8.21. The van der Waals surface area contributed by atoms with Gasteiger partial charge >= 0.3 is 0 Å². The van der Waals surface area contributed by atoms with Gasteiger partial charge in [-0.05, 0) is 80.5 Å². The van der Waals surface area contributed by atoms with Gasteiger partial charge in [-0.3, -0.25) is 0 Å². The lowest BCUT2D eigenvalue weighted by atomic mass is 9.52. The van der Waals surface area contributed by atoms with Crippen LogP contribution in [-0.4, -0.2) is 12.6 Å². The highest BCUT2D eigenvalue weighted by Crippen LogP contribution is 2.57. The third-order valence-electron chi connectivity index (χ3n) is 5.87. The Kier molecular flexibility index (Phi) is 2.75. The Morgan fingerprint density at radius 1 is 1.00 bits per heavy atom. The molecule has 4 bridgehead atoms. The summed E-state index contributed by atoms with van der Waals surface area (Å²) in [7, 11) is 1.70. The Labute approximate surface area is 121 Å². The summed E-state index contributed by atoms with van der Waals surface area (Å²) < 4.78 is 5.24. The van der Waals surface area contributed by atoms with Crippen molar-refractivity contribution in [2.75, 3.05) is 12.1 Å². The second kappa shape index (κ2) is 4.39. The number of hydrogen-bond donors (Lipinski definition) is 1. The fourth-order valence-corrected chi connectivity index (χ4v) is 5.38. The molecule has 3 heteroatoms. The van der Waals surface area contributed by atoms with Crippen LogP contribution in [0, 0.1) is 17.8 Å². The quantitative estimate of drug-likeness (QED) is 0.677. The highest BCUT2D eigenvalue weighted by Gasteiger charge is 2.53. The van der Waals surface area contributed by atoms with Gasteiger partial charge in [-0.15, -0.1) is 0 Å². The minimum absolute atomic E-state index is 0.226. The van der Waals surface area contributed by atoms with Gasteiger partial charge in [-0.2, -0.15) is 0 Å². The molecule has 4 aliphatic rings. The van der Waals surface area contributed by atoms with E-state index >= 15 is 0 Å². The molecular weight excluding hydrogens is 248 g/mol. The van der Waals surface area contributed by atoms with E-state index in [2.05, 4.69) is 17.1 Å². The van der Waals surface area contributed by atoms with Gasteiger partial charge in [-0.1, -0.05) is 0 Å². The zero-order valence-electron chi connectivity index (χ0n) is 12.2. The second-order valence-electron chi connectivity index (χ2n) is 7.21. The van der Waals surface area contributed by atoms with Gasteiger partial charge in [0.2, 0.25) is 0 Å². The van der Waals surface area contributed by atoms with E-state index in [0.717, 1.165) is 29.2 Å². The molecule has 0 saturated heterocycles. The molecule has 2 N–H and O–H groups in total. The third-order valence-corrected chi connectivity index (χ3v) is 5.87. The summed E-state index contributed by atoms with van der Waals surface area (Å²) in [6.45, 7) is 0.